The number of methoxy groups -OCH3 is 1. The Morgan fingerprint density at radius 2 is 1.96 bits per heavy atom. The summed E-state index contributed by atoms with van der Waals surface area (Å²) in [5.74, 6) is 0.163. The molecular weight excluding hydrogens is 338 g/mol. The summed E-state index contributed by atoms with van der Waals surface area (Å²) in [4.78, 5) is 28.4. The molecule has 8 heteroatoms. The Balaban J connectivity index is 2.05. The Labute approximate surface area is 152 Å². The van der Waals surface area contributed by atoms with Gasteiger partial charge in [-0.15, -0.1) is 0 Å². The van der Waals surface area contributed by atoms with Crippen LogP contribution in [0.1, 0.15) is 20.8 Å². The van der Waals surface area contributed by atoms with E-state index in [0.29, 0.717) is 12.3 Å². The fourth-order valence-electron chi connectivity index (χ4n) is 2.52. The predicted molar refractivity (Wildman–Crippen MR) is 96.3 cm³/mol. The molecule has 3 atom stereocenters. The van der Waals surface area contributed by atoms with E-state index in [1.807, 2.05) is 18.2 Å². The molecule has 1 aromatic rings. The summed E-state index contributed by atoms with van der Waals surface area (Å²) in [6.07, 6.45) is 0.690. The first kappa shape index (κ1) is 19.7. The van der Waals surface area contributed by atoms with Crippen molar-refractivity contribution in [3.05, 3.63) is 30.3 Å². The lowest BCUT2D eigenvalue weighted by Crippen LogP contribution is -2.52. The summed E-state index contributed by atoms with van der Waals surface area (Å²) in [5.41, 5.74) is -0.647. The molecule has 0 aromatic heterocycles. The maximum Gasteiger partial charge on any atom is 0.408 e. The van der Waals surface area contributed by atoms with E-state index in [4.69, 9.17) is 14.2 Å². The van der Waals surface area contributed by atoms with E-state index in [1.54, 1.807) is 32.9 Å². The van der Waals surface area contributed by atoms with Gasteiger partial charge in [-0.05, 0) is 32.9 Å². The van der Waals surface area contributed by atoms with Crippen LogP contribution in [0, 0.1) is 0 Å². The highest BCUT2D eigenvalue weighted by Crippen LogP contribution is 2.15. The average molecular weight is 363 g/mol. The standard InChI is InChI=1S/C18H25N3O5/c1-18(2,3)26-17(23)21-14-13(10-19-15(14)16(22)24-4)20-11-25-12-8-6-5-7-9-12/h5-9,11,13-15,19H,10H2,1-4H3,(H,21,23)/b20-11+/t13-,14-,15+/m1/s1. The number of alkyl carbamates (subject to hydrolysis) is 1. The molecule has 8 nitrogen and oxygen atoms in total. The second kappa shape index (κ2) is 8.66. The van der Waals surface area contributed by atoms with Crippen molar-refractivity contribution >= 4 is 18.5 Å². The Morgan fingerprint density at radius 3 is 2.58 bits per heavy atom. The third kappa shape index (κ3) is 5.73. The summed E-state index contributed by atoms with van der Waals surface area (Å²) in [6.45, 7) is 5.68. The molecule has 1 aromatic carbocycles. The van der Waals surface area contributed by atoms with Crippen LogP contribution < -0.4 is 15.4 Å². The Kier molecular flexibility index (Phi) is 6.57. The van der Waals surface area contributed by atoms with Crippen LogP contribution in [0.3, 0.4) is 0 Å². The lowest BCUT2D eigenvalue weighted by molar-refractivity contribution is -0.143. The smallest absolute Gasteiger partial charge is 0.408 e. The molecule has 1 aliphatic rings. The van der Waals surface area contributed by atoms with Crippen LogP contribution in [0.4, 0.5) is 4.79 Å². The molecule has 2 N–H and O–H groups in total. The molecule has 0 unspecified atom stereocenters. The van der Waals surface area contributed by atoms with Crippen LogP contribution in [0.25, 0.3) is 0 Å². The van der Waals surface area contributed by atoms with Gasteiger partial charge >= 0.3 is 12.1 Å². The zero-order valence-corrected chi connectivity index (χ0v) is 15.4. The zero-order chi connectivity index (χ0) is 19.2. The van der Waals surface area contributed by atoms with Gasteiger partial charge < -0.3 is 24.8 Å². The highest BCUT2D eigenvalue weighted by atomic mass is 16.6. The summed E-state index contributed by atoms with van der Waals surface area (Å²) in [6, 6.07) is 7.43. The monoisotopic (exact) mass is 363 g/mol. The van der Waals surface area contributed by atoms with Crippen molar-refractivity contribution in [3.63, 3.8) is 0 Å². The van der Waals surface area contributed by atoms with Gasteiger partial charge in [-0.1, -0.05) is 18.2 Å². The fourth-order valence-corrected chi connectivity index (χ4v) is 2.52. The van der Waals surface area contributed by atoms with Gasteiger partial charge in [-0.3, -0.25) is 9.79 Å². The number of aliphatic imine (C=N–C) groups is 1. The first-order valence-electron chi connectivity index (χ1n) is 8.34. The van der Waals surface area contributed by atoms with E-state index in [2.05, 4.69) is 15.6 Å². The minimum atomic E-state index is -0.716. The van der Waals surface area contributed by atoms with Crippen molar-refractivity contribution in [3.8, 4) is 5.75 Å². The summed E-state index contributed by atoms with van der Waals surface area (Å²) in [7, 11) is 1.30. The number of carbonyl (C=O) groups excluding carboxylic acids is 2. The normalized spacial score (nSPS) is 22.8. The van der Waals surface area contributed by atoms with Gasteiger partial charge in [0.2, 0.25) is 0 Å². The van der Waals surface area contributed by atoms with E-state index in [0.717, 1.165) is 0 Å². The van der Waals surface area contributed by atoms with Gasteiger partial charge in [0.15, 0.2) is 6.40 Å². The van der Waals surface area contributed by atoms with Crippen LogP contribution >= 0.6 is 0 Å². The second-order valence-electron chi connectivity index (χ2n) is 6.83. The molecule has 0 spiro atoms. The molecule has 1 heterocycles. The lowest BCUT2D eigenvalue weighted by atomic mass is 10.1. The van der Waals surface area contributed by atoms with E-state index < -0.39 is 35.8 Å². The van der Waals surface area contributed by atoms with Crippen LogP contribution in [0.15, 0.2) is 35.3 Å². The molecule has 1 saturated heterocycles. The minimum absolute atomic E-state index is 0.384. The number of nitrogens with one attached hydrogen (secondary N) is 2. The summed E-state index contributed by atoms with van der Waals surface area (Å²) < 4.78 is 15.5. The van der Waals surface area contributed by atoms with Gasteiger partial charge in [0.05, 0.1) is 19.2 Å². The molecular formula is C18H25N3O5. The molecule has 1 aliphatic heterocycles. The van der Waals surface area contributed by atoms with E-state index >= 15 is 0 Å². The summed E-state index contributed by atoms with van der Waals surface area (Å²) >= 11 is 0. The number of para-hydroxylation sites is 1. The predicted octanol–water partition coefficient (Wildman–Crippen LogP) is 1.50. The number of amides is 1. The second-order valence-corrected chi connectivity index (χ2v) is 6.83. The number of benzene rings is 1. The fraction of sp³-hybridized carbons (Fsp3) is 0.500. The first-order chi connectivity index (χ1) is 12.3. The van der Waals surface area contributed by atoms with Crippen molar-refractivity contribution in [2.45, 2.75) is 44.5 Å². The van der Waals surface area contributed by atoms with Crippen molar-refractivity contribution in [2.75, 3.05) is 13.7 Å². The number of carbonyl (C=O) groups is 2. The number of esters is 1. The van der Waals surface area contributed by atoms with Crippen LogP contribution in [-0.2, 0) is 14.3 Å². The number of rotatable bonds is 5. The molecule has 0 radical (unpaired) electrons. The van der Waals surface area contributed by atoms with Gasteiger partial charge in [-0.25, -0.2) is 4.79 Å². The van der Waals surface area contributed by atoms with Crippen LogP contribution in [-0.4, -0.2) is 55.8 Å². The third-order valence-corrected chi connectivity index (χ3v) is 3.64. The lowest BCUT2D eigenvalue weighted by Gasteiger charge is -2.25. The minimum Gasteiger partial charge on any atom is -0.468 e. The zero-order valence-electron chi connectivity index (χ0n) is 15.4. The molecule has 2 rings (SSSR count). The largest absolute Gasteiger partial charge is 0.468 e. The van der Waals surface area contributed by atoms with Crippen molar-refractivity contribution in [2.24, 2.45) is 4.99 Å². The van der Waals surface area contributed by atoms with Crippen molar-refractivity contribution < 1.29 is 23.8 Å². The summed E-state index contributed by atoms with van der Waals surface area (Å²) in [5, 5.41) is 5.72. The van der Waals surface area contributed by atoms with Crippen molar-refractivity contribution in [1.29, 1.82) is 0 Å². The van der Waals surface area contributed by atoms with Gasteiger partial charge in [0.1, 0.15) is 17.4 Å². The number of nitrogens with zero attached hydrogens (tertiary/aromatic N) is 1. The van der Waals surface area contributed by atoms with Crippen LogP contribution in [0.5, 0.6) is 5.75 Å². The molecule has 1 fully saturated rings. The molecule has 26 heavy (non-hydrogen) atoms. The molecule has 1 amide bonds. The Bertz CT molecular complexity index is 642. The first-order valence-corrected chi connectivity index (χ1v) is 8.34. The van der Waals surface area contributed by atoms with E-state index in [-0.39, 0.29) is 0 Å². The average Bonchev–Trinajstić information content (AvgIpc) is 2.96. The van der Waals surface area contributed by atoms with Gasteiger partial charge in [-0.2, -0.15) is 0 Å². The topological polar surface area (TPSA) is 98.3 Å². The van der Waals surface area contributed by atoms with E-state index in [9.17, 15) is 9.59 Å². The Hall–Kier alpha value is -2.61. The molecule has 0 bridgehead atoms. The molecule has 0 aliphatic carbocycles. The van der Waals surface area contributed by atoms with Gasteiger partial charge in [0, 0.05) is 6.54 Å². The van der Waals surface area contributed by atoms with Gasteiger partial charge in [0.25, 0.3) is 0 Å². The number of hydrogen-bond donors (Lipinski definition) is 2. The maximum absolute atomic E-state index is 12.1. The van der Waals surface area contributed by atoms with Crippen molar-refractivity contribution in [1.82, 2.24) is 10.6 Å². The van der Waals surface area contributed by atoms with E-state index in [1.165, 1.54) is 13.5 Å². The third-order valence-electron chi connectivity index (χ3n) is 3.64. The number of ether oxygens (including phenoxy) is 3. The molecule has 142 valence electrons. The Morgan fingerprint density at radius 1 is 1.27 bits per heavy atom. The SMILES string of the molecule is COC(=O)[C@H]1NC[C@@H](/N=C/Oc2ccccc2)[C@H]1NC(=O)OC(C)(C)C. The van der Waals surface area contributed by atoms with Crippen LogP contribution in [0.2, 0.25) is 0 Å². The maximum atomic E-state index is 12.1. The highest BCUT2D eigenvalue weighted by molar-refractivity contribution is 5.79. The number of hydrogen-bond acceptors (Lipinski definition) is 7. The molecule has 0 saturated carbocycles. The highest BCUT2D eigenvalue weighted by Gasteiger charge is 2.42. The quantitative estimate of drug-likeness (QED) is 0.467.